The van der Waals surface area contributed by atoms with E-state index in [-0.39, 0.29) is 34.5 Å². The third kappa shape index (κ3) is 9.29. The first-order chi connectivity index (χ1) is 18.7. The van der Waals surface area contributed by atoms with E-state index >= 15 is 0 Å². The van der Waals surface area contributed by atoms with Crippen molar-refractivity contribution < 1.29 is 57.0 Å². The van der Waals surface area contributed by atoms with Crippen LogP contribution in [0.2, 0.25) is 0 Å². The largest absolute Gasteiger partial charge is 0.486 e. The molecule has 14 heteroatoms. The molecule has 0 aromatic carbocycles. The molecule has 212 valence electrons. The van der Waals surface area contributed by atoms with Crippen LogP contribution in [0.3, 0.4) is 0 Å². The highest BCUT2D eigenvalue weighted by molar-refractivity contribution is 7.16. The first-order valence-electron chi connectivity index (χ1n) is 11.9. The molecule has 0 N–H and O–H groups in total. The number of fused-ring (bicyclic) bond motifs is 2. The van der Waals surface area contributed by atoms with E-state index in [0.717, 1.165) is 22.8 Å². The van der Waals surface area contributed by atoms with Gasteiger partial charge in [0.15, 0.2) is 32.8 Å². The molecule has 0 unspecified atom stereocenters. The first-order valence-corrected chi connectivity index (χ1v) is 13.6. The molecule has 2 aliphatic heterocycles. The van der Waals surface area contributed by atoms with Crippen molar-refractivity contribution in [3.8, 4) is 23.0 Å². The molecule has 0 bridgehead atoms. The van der Waals surface area contributed by atoms with Crippen LogP contribution in [0.25, 0.3) is 0 Å². The Morgan fingerprint density at radius 3 is 1.29 bits per heavy atom. The molecule has 2 aromatic rings. The number of ether oxygens (including phenoxy) is 10. The Kier molecular flexibility index (Phi) is 13.4. The Labute approximate surface area is 228 Å². The normalized spacial score (nSPS) is 17.1. The molecule has 0 amide bonds. The second-order valence-corrected chi connectivity index (χ2v) is 9.11. The second kappa shape index (κ2) is 17.1. The van der Waals surface area contributed by atoms with E-state index in [1.54, 1.807) is 11.3 Å². The third-order valence-electron chi connectivity index (χ3n) is 4.82. The zero-order chi connectivity index (χ0) is 27.0. The summed E-state index contributed by atoms with van der Waals surface area (Å²) in [5.74, 6) is 0.676. The number of rotatable bonds is 2. The maximum atomic E-state index is 11.9. The maximum Gasteiger partial charge on any atom is 0.352 e. The Bertz CT molecular complexity index is 916. The van der Waals surface area contributed by atoms with Crippen molar-refractivity contribution in [1.82, 2.24) is 0 Å². The van der Waals surface area contributed by atoms with Gasteiger partial charge in [-0.3, -0.25) is 0 Å². The van der Waals surface area contributed by atoms with Crippen LogP contribution in [-0.2, 0) is 28.4 Å². The lowest BCUT2D eigenvalue weighted by molar-refractivity contribution is 0.0218. The van der Waals surface area contributed by atoms with Crippen molar-refractivity contribution in [1.29, 1.82) is 0 Å². The van der Waals surface area contributed by atoms with Crippen LogP contribution in [0.15, 0.2) is 10.8 Å². The topological polar surface area (TPSA) is 126 Å². The van der Waals surface area contributed by atoms with E-state index in [1.807, 2.05) is 10.8 Å². The van der Waals surface area contributed by atoms with E-state index < -0.39 is 11.9 Å². The molecule has 0 spiro atoms. The number of carbonyl (C=O) groups excluding carboxylic acids is 2. The Hall–Kier alpha value is -2.62. The van der Waals surface area contributed by atoms with Crippen LogP contribution in [0.5, 0.6) is 23.0 Å². The summed E-state index contributed by atoms with van der Waals surface area (Å²) in [7, 11) is 2.50. The molecule has 0 fully saturated rings. The minimum Gasteiger partial charge on any atom is -0.486 e. The summed E-state index contributed by atoms with van der Waals surface area (Å²) in [4.78, 5) is 24.1. The van der Waals surface area contributed by atoms with Gasteiger partial charge in [0.1, 0.15) is 26.4 Å². The number of methoxy groups -OCH3 is 2. The minimum absolute atomic E-state index is 0.140. The summed E-state index contributed by atoms with van der Waals surface area (Å²) in [6.07, 6.45) is 0. The highest BCUT2D eigenvalue weighted by atomic mass is 32.1. The summed E-state index contributed by atoms with van der Waals surface area (Å²) in [5.41, 5.74) is 0. The molecule has 2 aliphatic rings. The fourth-order valence-electron chi connectivity index (χ4n) is 3.07. The number of hydrogen-bond acceptors (Lipinski definition) is 14. The predicted molar refractivity (Wildman–Crippen MR) is 137 cm³/mol. The molecule has 0 saturated carbocycles. The van der Waals surface area contributed by atoms with Crippen LogP contribution < -0.4 is 18.9 Å². The number of thiophene rings is 2. The van der Waals surface area contributed by atoms with Crippen LogP contribution in [0.1, 0.15) is 19.3 Å². The molecule has 12 nitrogen and oxygen atoms in total. The molecule has 0 saturated heterocycles. The molecule has 0 radical (unpaired) electrons. The van der Waals surface area contributed by atoms with Gasteiger partial charge in [-0.2, -0.15) is 0 Å². The quantitative estimate of drug-likeness (QED) is 0.488. The minimum atomic E-state index is -0.616. The van der Waals surface area contributed by atoms with Gasteiger partial charge >= 0.3 is 11.9 Å². The first kappa shape index (κ1) is 29.9. The molecular weight excluding hydrogens is 544 g/mol. The van der Waals surface area contributed by atoms with Gasteiger partial charge in [0.05, 0.1) is 67.1 Å². The lowest BCUT2D eigenvalue weighted by atomic mass is 10.3. The van der Waals surface area contributed by atoms with Crippen molar-refractivity contribution in [2.75, 3.05) is 93.5 Å². The van der Waals surface area contributed by atoms with Crippen molar-refractivity contribution in [2.24, 2.45) is 0 Å². The average Bonchev–Trinajstić information content (AvgIpc) is 3.52. The highest BCUT2D eigenvalue weighted by Gasteiger charge is 2.30. The second-order valence-electron chi connectivity index (χ2n) is 7.35. The number of carbonyl (C=O) groups is 2. The fourth-order valence-corrected chi connectivity index (χ4v) is 4.78. The fraction of sp³-hybridized carbons (Fsp3) is 0.583. The third-order valence-corrected chi connectivity index (χ3v) is 6.63. The summed E-state index contributed by atoms with van der Waals surface area (Å²) >= 11 is 2.47. The lowest BCUT2D eigenvalue weighted by Crippen LogP contribution is -2.16. The van der Waals surface area contributed by atoms with Gasteiger partial charge < -0.3 is 47.4 Å². The molecule has 38 heavy (non-hydrogen) atoms. The number of esters is 2. The van der Waals surface area contributed by atoms with Crippen LogP contribution in [0, 0.1) is 0 Å². The monoisotopic (exact) mass is 576 g/mol. The maximum absolute atomic E-state index is 11.9. The highest BCUT2D eigenvalue weighted by Crippen LogP contribution is 2.43. The van der Waals surface area contributed by atoms with Crippen LogP contribution in [0.4, 0.5) is 0 Å². The molecule has 4 heterocycles. The van der Waals surface area contributed by atoms with Crippen molar-refractivity contribution in [2.45, 2.75) is 0 Å². The van der Waals surface area contributed by atoms with Crippen LogP contribution >= 0.6 is 22.7 Å². The Morgan fingerprint density at radius 1 is 0.579 bits per heavy atom. The summed E-state index contributed by atoms with van der Waals surface area (Å²) < 4.78 is 53.0. The van der Waals surface area contributed by atoms with E-state index in [9.17, 15) is 9.59 Å². The van der Waals surface area contributed by atoms with E-state index in [2.05, 4.69) is 0 Å². The molecule has 2 aromatic heterocycles. The van der Waals surface area contributed by atoms with Gasteiger partial charge in [-0.15, -0.1) is 22.7 Å². The van der Waals surface area contributed by atoms with Gasteiger partial charge in [0.25, 0.3) is 0 Å². The zero-order valence-corrected chi connectivity index (χ0v) is 23.0. The van der Waals surface area contributed by atoms with Gasteiger partial charge in [-0.05, 0) is 0 Å². The van der Waals surface area contributed by atoms with Gasteiger partial charge in [0.2, 0.25) is 0 Å². The van der Waals surface area contributed by atoms with E-state index in [1.165, 1.54) is 14.2 Å². The SMILES string of the molecule is COC(=O)c1sc(C(=O)OC)c2c1OCCOCCOCCO2.c1scc2c1OCCOCCOCCO2. The summed E-state index contributed by atoms with van der Waals surface area (Å²) in [5, 5.41) is 3.86. The zero-order valence-electron chi connectivity index (χ0n) is 21.4. The molecule has 0 atom stereocenters. The van der Waals surface area contributed by atoms with Crippen molar-refractivity contribution in [3.63, 3.8) is 0 Å². The summed E-state index contributed by atoms with van der Waals surface area (Å²) in [6, 6.07) is 0. The van der Waals surface area contributed by atoms with Crippen LogP contribution in [-0.4, -0.2) is 105 Å². The van der Waals surface area contributed by atoms with Crippen molar-refractivity contribution in [3.05, 3.63) is 20.5 Å². The van der Waals surface area contributed by atoms with Crippen molar-refractivity contribution >= 4 is 34.6 Å². The van der Waals surface area contributed by atoms with E-state index in [4.69, 9.17) is 47.4 Å². The molecule has 0 aliphatic carbocycles. The number of hydrogen-bond donors (Lipinski definition) is 0. The van der Waals surface area contributed by atoms with Gasteiger partial charge in [-0.1, -0.05) is 0 Å². The molecular formula is C24H32O12S2. The molecule has 4 rings (SSSR count). The average molecular weight is 577 g/mol. The smallest absolute Gasteiger partial charge is 0.352 e. The van der Waals surface area contributed by atoms with Gasteiger partial charge in [-0.25, -0.2) is 9.59 Å². The predicted octanol–water partition coefficient (Wildman–Crippen LogP) is 2.68. The lowest BCUT2D eigenvalue weighted by Gasteiger charge is -2.13. The van der Waals surface area contributed by atoms with Gasteiger partial charge in [0, 0.05) is 10.8 Å². The Balaban J connectivity index is 0.000000230. The standard InChI is InChI=1S/C14H18O8S.C10H14O4S/c1-17-13(15)11-9-10(12(23-11)14(16)18-2)22-8-6-20-4-3-19-5-7-21-9;1-2-12-4-6-14-10-8-15-7-9(10)13-5-3-11-1/h3-8H2,1-2H3;7-8H,1-6H2. The summed E-state index contributed by atoms with van der Waals surface area (Å²) in [6.45, 7) is 5.38. The Morgan fingerprint density at radius 2 is 0.921 bits per heavy atom. The van der Waals surface area contributed by atoms with E-state index in [0.29, 0.717) is 66.1 Å².